The highest BCUT2D eigenvalue weighted by Crippen LogP contribution is 2.53. The van der Waals surface area contributed by atoms with Crippen molar-refractivity contribution in [2.45, 2.75) is 43.9 Å². The van der Waals surface area contributed by atoms with Crippen molar-refractivity contribution < 1.29 is 17.2 Å². The number of benzene rings is 1. The Hall–Kier alpha value is -1.18. The molecular formula is C16H22FNO3SSi. The second-order valence-electron chi connectivity index (χ2n) is 7.17. The van der Waals surface area contributed by atoms with Gasteiger partial charge in [0.25, 0.3) is 0 Å². The number of sulfonamides is 1. The Morgan fingerprint density at radius 1 is 1.30 bits per heavy atom. The van der Waals surface area contributed by atoms with Crippen LogP contribution < -0.4 is 4.31 Å². The molecule has 1 aliphatic carbocycles. The van der Waals surface area contributed by atoms with Crippen LogP contribution in [0, 0.1) is 0 Å². The Bertz CT molecular complexity index is 759. The average Bonchev–Trinajstić information content (AvgIpc) is 2.68. The van der Waals surface area contributed by atoms with Crippen molar-refractivity contribution in [1.82, 2.24) is 0 Å². The van der Waals surface area contributed by atoms with Gasteiger partial charge < -0.3 is 4.43 Å². The van der Waals surface area contributed by atoms with Crippen LogP contribution in [-0.2, 0) is 20.1 Å². The highest BCUT2D eigenvalue weighted by molar-refractivity contribution is 7.92. The topological polar surface area (TPSA) is 46.6 Å². The third-order valence-corrected chi connectivity index (χ3v) is 6.37. The van der Waals surface area contributed by atoms with E-state index in [1.807, 2.05) is 25.7 Å². The van der Waals surface area contributed by atoms with Crippen molar-refractivity contribution in [2.24, 2.45) is 0 Å². The molecule has 2 aliphatic rings. The molecule has 0 spiro atoms. The zero-order valence-corrected chi connectivity index (χ0v) is 15.6. The van der Waals surface area contributed by atoms with Crippen molar-refractivity contribution in [3.05, 3.63) is 42.0 Å². The summed E-state index contributed by atoms with van der Waals surface area (Å²) >= 11 is 0. The zero-order chi connectivity index (χ0) is 17.0. The van der Waals surface area contributed by atoms with Crippen LogP contribution in [0.2, 0.25) is 19.6 Å². The van der Waals surface area contributed by atoms with Crippen LogP contribution in [0.25, 0.3) is 0 Å². The summed E-state index contributed by atoms with van der Waals surface area (Å²) in [6, 6.07) is 6.03. The van der Waals surface area contributed by atoms with Crippen LogP contribution in [0.3, 0.4) is 0 Å². The second-order valence-corrected chi connectivity index (χ2v) is 13.5. The fraction of sp³-hybridized carbons (Fsp3) is 0.500. The van der Waals surface area contributed by atoms with Crippen molar-refractivity contribution in [2.75, 3.05) is 10.6 Å². The van der Waals surface area contributed by atoms with E-state index < -0.39 is 36.2 Å². The summed E-state index contributed by atoms with van der Waals surface area (Å²) < 4.78 is 48.1. The molecule has 4 nitrogen and oxygen atoms in total. The molecule has 1 aliphatic heterocycles. The van der Waals surface area contributed by atoms with Crippen LogP contribution in [0.1, 0.15) is 12.0 Å². The summed E-state index contributed by atoms with van der Waals surface area (Å²) in [4.78, 5) is 0. The van der Waals surface area contributed by atoms with Gasteiger partial charge >= 0.3 is 0 Å². The van der Waals surface area contributed by atoms with E-state index in [0.29, 0.717) is 17.7 Å². The summed E-state index contributed by atoms with van der Waals surface area (Å²) in [6.07, 6.45) is 4.28. The first kappa shape index (κ1) is 16.7. The lowest BCUT2D eigenvalue weighted by Crippen LogP contribution is -2.54. The maximum atomic E-state index is 16.3. The number of anilines is 1. The number of hydrogen-bond acceptors (Lipinski definition) is 3. The molecular weight excluding hydrogens is 333 g/mol. The Morgan fingerprint density at radius 2 is 1.96 bits per heavy atom. The molecule has 1 heterocycles. The van der Waals surface area contributed by atoms with Crippen LogP contribution in [-0.4, -0.2) is 35.1 Å². The van der Waals surface area contributed by atoms with Gasteiger partial charge in [0, 0.05) is 5.56 Å². The number of halogens is 1. The number of fused-ring (bicyclic) bond motifs is 3. The molecule has 1 aromatic rings. The lowest BCUT2D eigenvalue weighted by Gasteiger charge is -2.41. The van der Waals surface area contributed by atoms with E-state index >= 15 is 4.39 Å². The van der Waals surface area contributed by atoms with Gasteiger partial charge in [0.2, 0.25) is 10.0 Å². The maximum Gasteiger partial charge on any atom is 0.232 e. The third kappa shape index (κ3) is 2.64. The molecule has 7 heteroatoms. The number of para-hydroxylation sites is 1. The van der Waals surface area contributed by atoms with E-state index in [1.165, 1.54) is 4.31 Å². The van der Waals surface area contributed by atoms with Crippen molar-refractivity contribution >= 4 is 24.0 Å². The van der Waals surface area contributed by atoms with Gasteiger partial charge in [-0.2, -0.15) is 0 Å². The molecule has 3 unspecified atom stereocenters. The molecule has 126 valence electrons. The van der Waals surface area contributed by atoms with Crippen LogP contribution in [0.15, 0.2) is 36.4 Å². The SMILES string of the molecule is C[Si](C)(C)OC1C=CCC2N(S(C)(=O)=O)c3ccccc3C12F. The van der Waals surface area contributed by atoms with Crippen LogP contribution in [0.5, 0.6) is 0 Å². The van der Waals surface area contributed by atoms with E-state index in [-0.39, 0.29) is 0 Å². The minimum Gasteiger partial charge on any atom is -0.408 e. The Kier molecular flexibility index (Phi) is 3.74. The monoisotopic (exact) mass is 355 g/mol. The predicted molar refractivity (Wildman–Crippen MR) is 92.3 cm³/mol. The van der Waals surface area contributed by atoms with E-state index in [9.17, 15) is 8.42 Å². The fourth-order valence-corrected chi connectivity index (χ4v) is 5.73. The lowest BCUT2D eigenvalue weighted by atomic mass is 9.81. The summed E-state index contributed by atoms with van der Waals surface area (Å²) in [5.74, 6) is 0. The predicted octanol–water partition coefficient (Wildman–Crippen LogP) is 3.18. The van der Waals surface area contributed by atoms with Crippen molar-refractivity contribution in [1.29, 1.82) is 0 Å². The van der Waals surface area contributed by atoms with E-state index in [4.69, 9.17) is 4.43 Å². The van der Waals surface area contributed by atoms with E-state index in [2.05, 4.69) is 0 Å². The summed E-state index contributed by atoms with van der Waals surface area (Å²) in [5.41, 5.74) is -1.02. The molecule has 3 atom stereocenters. The molecule has 23 heavy (non-hydrogen) atoms. The van der Waals surface area contributed by atoms with Crippen molar-refractivity contribution in [3.8, 4) is 0 Å². The Morgan fingerprint density at radius 3 is 2.57 bits per heavy atom. The normalized spacial score (nSPS) is 30.2. The maximum absolute atomic E-state index is 16.3. The average molecular weight is 356 g/mol. The number of hydrogen-bond donors (Lipinski definition) is 0. The lowest BCUT2D eigenvalue weighted by molar-refractivity contribution is 0.0114. The Balaban J connectivity index is 2.18. The highest BCUT2D eigenvalue weighted by atomic mass is 32.2. The van der Waals surface area contributed by atoms with E-state index in [0.717, 1.165) is 6.26 Å². The van der Waals surface area contributed by atoms with E-state index in [1.54, 1.807) is 30.3 Å². The standard InChI is InChI=1S/C16H22FNO3SSi/c1-22(19,20)18-13-9-6-5-8-12(13)16(17)14(18)10-7-11-15(16)21-23(2,3)4/h5-9,11,14-15H,10H2,1-4H3. The first-order valence-corrected chi connectivity index (χ1v) is 12.9. The largest absolute Gasteiger partial charge is 0.408 e. The Labute approximate surface area is 138 Å². The van der Waals surface area contributed by atoms with Gasteiger partial charge in [-0.1, -0.05) is 30.4 Å². The van der Waals surface area contributed by atoms with Gasteiger partial charge in [-0.25, -0.2) is 12.8 Å². The molecule has 0 bridgehead atoms. The smallest absolute Gasteiger partial charge is 0.232 e. The van der Waals surface area contributed by atoms with Gasteiger partial charge in [-0.15, -0.1) is 0 Å². The minimum absolute atomic E-state index is 0.337. The highest BCUT2D eigenvalue weighted by Gasteiger charge is 2.60. The quantitative estimate of drug-likeness (QED) is 0.618. The van der Waals surface area contributed by atoms with Gasteiger partial charge in [-0.05, 0) is 32.1 Å². The first-order valence-electron chi connectivity index (χ1n) is 7.67. The number of nitrogens with zero attached hydrogens (tertiary/aromatic N) is 1. The minimum atomic E-state index is -3.58. The summed E-state index contributed by atoms with van der Waals surface area (Å²) in [7, 11) is -5.58. The third-order valence-electron chi connectivity index (χ3n) is 4.24. The van der Waals surface area contributed by atoms with Gasteiger partial charge in [0.15, 0.2) is 14.0 Å². The van der Waals surface area contributed by atoms with Crippen LogP contribution >= 0.6 is 0 Å². The molecule has 0 N–H and O–H groups in total. The molecule has 0 amide bonds. The molecule has 0 saturated heterocycles. The van der Waals surface area contributed by atoms with Gasteiger partial charge in [0.05, 0.1) is 18.0 Å². The molecule has 0 saturated carbocycles. The summed E-state index contributed by atoms with van der Waals surface area (Å²) in [5, 5.41) is 0. The number of rotatable bonds is 3. The molecule has 0 aromatic heterocycles. The van der Waals surface area contributed by atoms with Crippen molar-refractivity contribution in [3.63, 3.8) is 0 Å². The summed E-state index contributed by atoms with van der Waals surface area (Å²) in [6.45, 7) is 6.01. The fourth-order valence-electron chi connectivity index (χ4n) is 3.50. The molecule has 1 aromatic carbocycles. The molecule has 0 fully saturated rings. The van der Waals surface area contributed by atoms with Gasteiger partial charge in [0.1, 0.15) is 6.10 Å². The molecule has 0 radical (unpaired) electrons. The van der Waals surface area contributed by atoms with Gasteiger partial charge in [-0.3, -0.25) is 4.31 Å². The zero-order valence-electron chi connectivity index (χ0n) is 13.8. The second kappa shape index (κ2) is 5.16. The van der Waals surface area contributed by atoms with Crippen LogP contribution in [0.4, 0.5) is 10.1 Å². The first-order chi connectivity index (χ1) is 10.5. The number of alkyl halides is 1. The molecule has 3 rings (SSSR count).